The molecular weight excluding hydrogens is 192 g/mol. The van der Waals surface area contributed by atoms with Gasteiger partial charge in [0.25, 0.3) is 0 Å². The number of thioether (sulfide) groups is 1. The van der Waals surface area contributed by atoms with E-state index in [4.69, 9.17) is 0 Å². The molecule has 2 heteroatoms. The lowest BCUT2D eigenvalue weighted by molar-refractivity contribution is -0.114. The predicted octanol–water partition coefficient (Wildman–Crippen LogP) is 3.70. The molecule has 0 unspecified atom stereocenters. The highest BCUT2D eigenvalue weighted by molar-refractivity contribution is 8.00. The van der Waals surface area contributed by atoms with Gasteiger partial charge in [-0.1, -0.05) is 32.0 Å². The number of hydrogen-bond donors (Lipinski definition) is 0. The number of carbonyl (C=O) groups is 1. The monoisotopic (exact) mass is 210 g/mol. The molecule has 0 atom stereocenters. The van der Waals surface area contributed by atoms with Gasteiger partial charge in [0.2, 0.25) is 0 Å². The molecular formula is C12H18OS. The van der Waals surface area contributed by atoms with Crippen molar-refractivity contribution in [3.8, 4) is 0 Å². The van der Waals surface area contributed by atoms with Crippen molar-refractivity contribution in [2.75, 3.05) is 5.75 Å². The smallest absolute Gasteiger partial charge is 0.140 e. The third-order valence-electron chi connectivity index (χ3n) is 1.52. The van der Waals surface area contributed by atoms with Crippen LogP contribution < -0.4 is 0 Å². The highest BCUT2D eigenvalue weighted by atomic mass is 32.2. The van der Waals surface area contributed by atoms with Crippen molar-refractivity contribution in [3.63, 3.8) is 0 Å². The number of carbonyl (C=O) groups excluding carboxylic acids is 1. The van der Waals surface area contributed by atoms with E-state index in [0.717, 1.165) is 0 Å². The molecule has 0 aliphatic rings. The fraction of sp³-hybridized carbons (Fsp3) is 0.417. The van der Waals surface area contributed by atoms with E-state index in [1.165, 1.54) is 10.5 Å². The summed E-state index contributed by atoms with van der Waals surface area (Å²) in [6.45, 7) is 7.67. The molecule has 0 saturated carbocycles. The molecule has 14 heavy (non-hydrogen) atoms. The van der Waals surface area contributed by atoms with E-state index in [1.807, 2.05) is 32.0 Å². The second-order valence-electron chi connectivity index (χ2n) is 2.76. The summed E-state index contributed by atoms with van der Waals surface area (Å²) in [4.78, 5) is 11.9. The number of aryl methyl sites for hydroxylation is 1. The largest absolute Gasteiger partial charge is 0.299 e. The summed E-state index contributed by atoms with van der Waals surface area (Å²) in [5, 5.41) is 0. The van der Waals surface area contributed by atoms with Crippen LogP contribution in [0.2, 0.25) is 0 Å². The maximum absolute atomic E-state index is 10.7. The molecule has 0 aliphatic carbocycles. The van der Waals surface area contributed by atoms with Crippen LogP contribution in [0.4, 0.5) is 0 Å². The maximum Gasteiger partial charge on any atom is 0.140 e. The summed E-state index contributed by atoms with van der Waals surface area (Å²) in [6, 6.07) is 8.11. The molecule has 0 bridgehead atoms. The van der Waals surface area contributed by atoms with Crippen LogP contribution in [0, 0.1) is 6.92 Å². The van der Waals surface area contributed by atoms with Gasteiger partial charge in [0.1, 0.15) is 5.78 Å². The van der Waals surface area contributed by atoms with Crippen molar-refractivity contribution in [3.05, 3.63) is 29.8 Å². The first-order chi connectivity index (χ1) is 6.70. The average molecular weight is 210 g/mol. The molecule has 78 valence electrons. The Hall–Kier alpha value is -0.760. The van der Waals surface area contributed by atoms with Crippen LogP contribution in [0.3, 0.4) is 0 Å². The Morgan fingerprint density at radius 1 is 1.29 bits per heavy atom. The van der Waals surface area contributed by atoms with Gasteiger partial charge < -0.3 is 0 Å². The van der Waals surface area contributed by atoms with Gasteiger partial charge in [-0.25, -0.2) is 0 Å². The summed E-state index contributed by atoms with van der Waals surface area (Å²) in [7, 11) is 0. The topological polar surface area (TPSA) is 17.1 Å². The van der Waals surface area contributed by atoms with Crippen LogP contribution in [0.5, 0.6) is 0 Å². The molecule has 0 radical (unpaired) electrons. The molecule has 1 aromatic carbocycles. The first-order valence-corrected chi connectivity index (χ1v) is 5.86. The zero-order chi connectivity index (χ0) is 11.0. The van der Waals surface area contributed by atoms with Gasteiger partial charge in [0.15, 0.2) is 0 Å². The van der Waals surface area contributed by atoms with Crippen molar-refractivity contribution in [1.82, 2.24) is 0 Å². The predicted molar refractivity (Wildman–Crippen MR) is 63.9 cm³/mol. The van der Waals surface area contributed by atoms with Gasteiger partial charge in [-0.05, 0) is 25.5 Å². The Balaban J connectivity index is 0.000000791. The summed E-state index contributed by atoms with van der Waals surface area (Å²) in [5.41, 5.74) is 1.24. The van der Waals surface area contributed by atoms with Crippen molar-refractivity contribution in [2.24, 2.45) is 0 Å². The van der Waals surface area contributed by atoms with Crippen molar-refractivity contribution >= 4 is 17.5 Å². The Morgan fingerprint density at radius 2 is 1.86 bits per heavy atom. The highest BCUT2D eigenvalue weighted by Crippen LogP contribution is 2.21. The minimum absolute atomic E-state index is 0.225. The average Bonchev–Trinajstić information content (AvgIpc) is 2.19. The summed E-state index contributed by atoms with van der Waals surface area (Å²) in [5.74, 6) is 0.799. The van der Waals surface area contributed by atoms with E-state index in [0.29, 0.717) is 5.75 Å². The summed E-state index contributed by atoms with van der Waals surface area (Å²) >= 11 is 1.61. The Labute approximate surface area is 90.9 Å². The molecule has 0 aliphatic heterocycles. The van der Waals surface area contributed by atoms with Gasteiger partial charge in [-0.3, -0.25) is 4.79 Å². The third kappa shape index (κ3) is 5.07. The standard InChI is InChI=1S/C10H12OS.C2H6/c1-8-5-3-4-6-10(8)12-7-9(2)11;1-2/h3-6H,7H2,1-2H3;1-2H3. The Bertz CT molecular complexity index is 281. The summed E-state index contributed by atoms with van der Waals surface area (Å²) in [6.07, 6.45) is 0. The van der Waals surface area contributed by atoms with E-state index >= 15 is 0 Å². The lowest BCUT2D eigenvalue weighted by Gasteiger charge is -2.01. The van der Waals surface area contributed by atoms with Crippen LogP contribution in [0.25, 0.3) is 0 Å². The minimum Gasteiger partial charge on any atom is -0.299 e. The van der Waals surface area contributed by atoms with Crippen LogP contribution in [0.1, 0.15) is 26.3 Å². The molecule has 0 fully saturated rings. The van der Waals surface area contributed by atoms with Gasteiger partial charge in [0.05, 0.1) is 5.75 Å². The van der Waals surface area contributed by atoms with Crippen LogP contribution in [0.15, 0.2) is 29.2 Å². The normalized spacial score (nSPS) is 8.86. The van der Waals surface area contributed by atoms with E-state index in [9.17, 15) is 4.79 Å². The molecule has 0 saturated heterocycles. The zero-order valence-electron chi connectivity index (χ0n) is 9.33. The summed E-state index contributed by atoms with van der Waals surface area (Å²) < 4.78 is 0. The fourth-order valence-corrected chi connectivity index (χ4v) is 1.73. The third-order valence-corrected chi connectivity index (χ3v) is 2.84. The first-order valence-electron chi connectivity index (χ1n) is 4.88. The molecule has 1 rings (SSSR count). The van der Waals surface area contributed by atoms with Gasteiger partial charge in [-0.15, -0.1) is 11.8 Å². The second kappa shape index (κ2) is 7.63. The maximum atomic E-state index is 10.7. The van der Waals surface area contributed by atoms with E-state index in [2.05, 4.69) is 13.0 Å². The molecule has 0 amide bonds. The van der Waals surface area contributed by atoms with Crippen molar-refractivity contribution < 1.29 is 4.79 Å². The van der Waals surface area contributed by atoms with E-state index < -0.39 is 0 Å². The number of ketones is 1. The number of Topliss-reactive ketones (excluding diaryl/α,β-unsaturated/α-hetero) is 1. The van der Waals surface area contributed by atoms with Crippen molar-refractivity contribution in [2.45, 2.75) is 32.6 Å². The van der Waals surface area contributed by atoms with Crippen molar-refractivity contribution in [1.29, 1.82) is 0 Å². The molecule has 0 N–H and O–H groups in total. The van der Waals surface area contributed by atoms with Gasteiger partial charge in [-0.2, -0.15) is 0 Å². The molecule has 0 aromatic heterocycles. The van der Waals surface area contributed by atoms with Crippen LogP contribution in [-0.4, -0.2) is 11.5 Å². The number of hydrogen-bond acceptors (Lipinski definition) is 2. The number of benzene rings is 1. The van der Waals surface area contributed by atoms with E-state index in [-0.39, 0.29) is 5.78 Å². The minimum atomic E-state index is 0.225. The molecule has 1 nitrogen and oxygen atoms in total. The Kier molecular flexibility index (Phi) is 7.21. The zero-order valence-corrected chi connectivity index (χ0v) is 10.1. The molecule has 0 heterocycles. The second-order valence-corrected chi connectivity index (χ2v) is 3.77. The molecule has 0 spiro atoms. The van der Waals surface area contributed by atoms with Gasteiger partial charge >= 0.3 is 0 Å². The lowest BCUT2D eigenvalue weighted by atomic mass is 10.2. The lowest BCUT2D eigenvalue weighted by Crippen LogP contribution is -1.93. The quantitative estimate of drug-likeness (QED) is 0.708. The molecule has 1 aromatic rings. The first kappa shape index (κ1) is 13.2. The number of rotatable bonds is 3. The van der Waals surface area contributed by atoms with Gasteiger partial charge in [0, 0.05) is 4.90 Å². The fourth-order valence-electron chi connectivity index (χ4n) is 0.898. The van der Waals surface area contributed by atoms with Crippen LogP contribution >= 0.6 is 11.8 Å². The van der Waals surface area contributed by atoms with Crippen LogP contribution in [-0.2, 0) is 4.79 Å². The van der Waals surface area contributed by atoms with E-state index in [1.54, 1.807) is 18.7 Å². The highest BCUT2D eigenvalue weighted by Gasteiger charge is 1.98. The Morgan fingerprint density at radius 3 is 2.36 bits per heavy atom. The SMILES string of the molecule is CC.CC(=O)CSc1ccccc1C.